The first-order chi connectivity index (χ1) is 4.56. The van der Waals surface area contributed by atoms with Gasteiger partial charge in [-0.05, 0) is 0 Å². The predicted octanol–water partition coefficient (Wildman–Crippen LogP) is -1.08. The third kappa shape index (κ3) is 7.43. The molecule has 0 heterocycles. The molecular weight excluding hydrogens is 154 g/mol. The highest BCUT2D eigenvalue weighted by Crippen LogP contribution is 1.72. The Kier molecular flexibility index (Phi) is 4.03. The normalized spacial score (nSPS) is 10.2. The maximum atomic E-state index is 10.2. The third-order valence-electron chi connectivity index (χ3n) is 0.615. The van der Waals surface area contributed by atoms with Crippen LogP contribution in [0.5, 0.6) is 0 Å². The van der Waals surface area contributed by atoms with E-state index in [1.807, 2.05) is 0 Å². The van der Waals surface area contributed by atoms with E-state index in [0.29, 0.717) is 0 Å². The number of nitrogens with two attached hydrogens (primary N) is 1. The van der Waals surface area contributed by atoms with Crippen LogP contribution in [0.25, 0.3) is 0 Å². The molecule has 0 atom stereocenters. The lowest BCUT2D eigenvalue weighted by Gasteiger charge is -1.85. The van der Waals surface area contributed by atoms with E-state index in [9.17, 15) is 8.42 Å². The number of ether oxygens (including phenoxy) is 1. The smallest absolute Gasteiger partial charge is 0.220 e. The molecule has 4 nitrogen and oxygen atoms in total. The van der Waals surface area contributed by atoms with Crippen molar-refractivity contribution in [2.24, 2.45) is 5.14 Å². The molecule has 0 aliphatic carbocycles. The van der Waals surface area contributed by atoms with Gasteiger partial charge in [0.25, 0.3) is 0 Å². The lowest BCUT2D eigenvalue weighted by molar-refractivity contribution is 0.240. The van der Waals surface area contributed by atoms with E-state index in [-0.39, 0.29) is 12.4 Å². The van der Waals surface area contributed by atoms with Gasteiger partial charge in [-0.1, -0.05) is 11.8 Å². The number of hydrogen-bond acceptors (Lipinski definition) is 3. The van der Waals surface area contributed by atoms with E-state index in [2.05, 4.69) is 21.7 Å². The molecule has 0 aromatic rings. The number of methoxy groups -OCH3 is 1. The van der Waals surface area contributed by atoms with Gasteiger partial charge in [-0.25, -0.2) is 13.6 Å². The lowest BCUT2D eigenvalue weighted by atomic mass is 10.6. The minimum atomic E-state index is -3.43. The van der Waals surface area contributed by atoms with Gasteiger partial charge in [-0.2, -0.15) is 0 Å². The summed E-state index contributed by atoms with van der Waals surface area (Å²) in [6.45, 7) is 0.232. The molecule has 0 bridgehead atoms. The van der Waals surface area contributed by atoms with Crippen molar-refractivity contribution >= 4 is 10.0 Å². The Labute approximate surface area is 60.4 Å². The molecular formula is C5H9NO3S. The molecule has 5 heteroatoms. The van der Waals surface area contributed by atoms with Crippen molar-refractivity contribution in [1.82, 2.24) is 0 Å². The average Bonchev–Trinajstić information content (AvgIpc) is 1.78. The van der Waals surface area contributed by atoms with E-state index >= 15 is 0 Å². The van der Waals surface area contributed by atoms with Gasteiger partial charge in [-0.3, -0.25) is 0 Å². The van der Waals surface area contributed by atoms with E-state index in [1.165, 1.54) is 7.11 Å². The summed E-state index contributed by atoms with van der Waals surface area (Å²) < 4.78 is 25.0. The summed E-state index contributed by atoms with van der Waals surface area (Å²) in [5.74, 6) is 4.49. The first kappa shape index (κ1) is 9.43. The van der Waals surface area contributed by atoms with Crippen LogP contribution in [-0.2, 0) is 14.8 Å². The number of rotatable bonds is 2. The van der Waals surface area contributed by atoms with Gasteiger partial charge in [0.1, 0.15) is 12.4 Å². The minimum Gasteiger partial charge on any atom is -0.372 e. The minimum absolute atomic E-state index is 0.232. The summed E-state index contributed by atoms with van der Waals surface area (Å²) >= 11 is 0. The number of sulfonamides is 1. The van der Waals surface area contributed by atoms with Crippen LogP contribution >= 0.6 is 0 Å². The standard InChI is InChI=1S/C5H9NO3S/c1-9-4-2-3-5-10(6,7)8/h4-5H2,1H3,(H2,6,7,8). The highest BCUT2D eigenvalue weighted by atomic mass is 32.2. The Hall–Kier alpha value is -0.570. The molecule has 10 heavy (non-hydrogen) atoms. The highest BCUT2D eigenvalue weighted by molar-refractivity contribution is 7.89. The van der Waals surface area contributed by atoms with E-state index in [1.54, 1.807) is 0 Å². The molecule has 0 saturated carbocycles. The molecule has 0 fully saturated rings. The maximum absolute atomic E-state index is 10.2. The topological polar surface area (TPSA) is 69.4 Å². The fourth-order valence-corrected chi connectivity index (χ4v) is 0.578. The summed E-state index contributed by atoms with van der Waals surface area (Å²) in [5, 5.41) is 4.65. The molecule has 0 amide bonds. The monoisotopic (exact) mass is 163 g/mol. The van der Waals surface area contributed by atoms with Crippen molar-refractivity contribution in [2.75, 3.05) is 19.5 Å². The molecule has 0 rings (SSSR count). The van der Waals surface area contributed by atoms with Crippen LogP contribution in [0.1, 0.15) is 0 Å². The average molecular weight is 163 g/mol. The fraction of sp³-hybridized carbons (Fsp3) is 0.600. The van der Waals surface area contributed by atoms with E-state index < -0.39 is 10.0 Å². The second kappa shape index (κ2) is 4.28. The van der Waals surface area contributed by atoms with Crippen molar-refractivity contribution in [3.8, 4) is 11.8 Å². The van der Waals surface area contributed by atoms with Gasteiger partial charge < -0.3 is 4.74 Å². The molecule has 0 aromatic carbocycles. The quantitative estimate of drug-likeness (QED) is 0.527. The highest BCUT2D eigenvalue weighted by Gasteiger charge is 1.95. The van der Waals surface area contributed by atoms with Crippen LogP contribution in [0, 0.1) is 11.8 Å². The van der Waals surface area contributed by atoms with E-state index in [4.69, 9.17) is 0 Å². The fourth-order valence-electron chi connectivity index (χ4n) is 0.275. The van der Waals surface area contributed by atoms with Crippen LogP contribution in [0.2, 0.25) is 0 Å². The van der Waals surface area contributed by atoms with Crippen molar-refractivity contribution in [3.05, 3.63) is 0 Å². The third-order valence-corrected chi connectivity index (χ3v) is 1.16. The molecule has 0 unspecified atom stereocenters. The maximum Gasteiger partial charge on any atom is 0.220 e. The molecule has 2 N–H and O–H groups in total. The van der Waals surface area contributed by atoms with Gasteiger partial charge in [0, 0.05) is 7.11 Å². The molecule has 0 saturated heterocycles. The van der Waals surface area contributed by atoms with Crippen LogP contribution in [0.3, 0.4) is 0 Å². The largest absolute Gasteiger partial charge is 0.372 e. The van der Waals surface area contributed by atoms with Gasteiger partial charge in [0.2, 0.25) is 10.0 Å². The lowest BCUT2D eigenvalue weighted by Crippen LogP contribution is -2.14. The Morgan fingerprint density at radius 1 is 1.50 bits per heavy atom. The zero-order chi connectivity index (χ0) is 8.04. The number of hydrogen-bond donors (Lipinski definition) is 1. The SMILES string of the molecule is COCC#CCS(N)(=O)=O. The summed E-state index contributed by atoms with van der Waals surface area (Å²) in [4.78, 5) is 0. The zero-order valence-corrected chi connectivity index (χ0v) is 6.44. The molecule has 0 aliphatic heterocycles. The summed E-state index contributed by atoms with van der Waals surface area (Å²) in [7, 11) is -1.96. The van der Waals surface area contributed by atoms with Crippen molar-refractivity contribution in [1.29, 1.82) is 0 Å². The number of primary sulfonamides is 1. The molecule has 0 aliphatic rings. The molecule has 58 valence electrons. The van der Waals surface area contributed by atoms with Gasteiger partial charge in [0.15, 0.2) is 0 Å². The summed E-state index contributed by atoms with van der Waals surface area (Å²) in [6.07, 6.45) is 0. The van der Waals surface area contributed by atoms with Crippen LogP contribution < -0.4 is 5.14 Å². The molecule has 0 aromatic heterocycles. The van der Waals surface area contributed by atoms with Gasteiger partial charge >= 0.3 is 0 Å². The van der Waals surface area contributed by atoms with Crippen LogP contribution in [-0.4, -0.2) is 27.9 Å². The summed E-state index contributed by atoms with van der Waals surface area (Å²) in [6, 6.07) is 0. The first-order valence-electron chi connectivity index (χ1n) is 2.51. The van der Waals surface area contributed by atoms with Gasteiger partial charge in [-0.15, -0.1) is 0 Å². The van der Waals surface area contributed by atoms with E-state index in [0.717, 1.165) is 0 Å². The first-order valence-corrected chi connectivity index (χ1v) is 4.23. The second-order valence-electron chi connectivity index (χ2n) is 1.59. The zero-order valence-electron chi connectivity index (χ0n) is 5.62. The molecule has 0 radical (unpaired) electrons. The molecule has 0 spiro atoms. The Morgan fingerprint density at radius 2 is 2.10 bits per heavy atom. The van der Waals surface area contributed by atoms with Crippen LogP contribution in [0.4, 0.5) is 0 Å². The Bertz CT molecular complexity index is 233. The second-order valence-corrected chi connectivity index (χ2v) is 3.21. The Balaban J connectivity index is 3.68. The summed E-state index contributed by atoms with van der Waals surface area (Å²) in [5.41, 5.74) is 0. The van der Waals surface area contributed by atoms with Crippen molar-refractivity contribution in [3.63, 3.8) is 0 Å². The Morgan fingerprint density at radius 3 is 2.50 bits per heavy atom. The predicted molar refractivity (Wildman–Crippen MR) is 37.6 cm³/mol. The van der Waals surface area contributed by atoms with Gasteiger partial charge in [0.05, 0.1) is 0 Å². The van der Waals surface area contributed by atoms with Crippen LogP contribution in [0.15, 0.2) is 0 Å². The van der Waals surface area contributed by atoms with Crippen molar-refractivity contribution in [2.45, 2.75) is 0 Å². The van der Waals surface area contributed by atoms with Crippen molar-refractivity contribution < 1.29 is 13.2 Å².